The highest BCUT2D eigenvalue weighted by Crippen LogP contribution is 2.65. The summed E-state index contributed by atoms with van der Waals surface area (Å²) in [6.45, 7) is 0. The summed E-state index contributed by atoms with van der Waals surface area (Å²) in [5, 5.41) is 0. The molecular formula is C18H14F3NO2. The molecule has 24 heavy (non-hydrogen) atoms. The van der Waals surface area contributed by atoms with E-state index in [1.165, 1.54) is 12.1 Å². The summed E-state index contributed by atoms with van der Waals surface area (Å²) in [6, 6.07) is 4.48. The van der Waals surface area contributed by atoms with Gasteiger partial charge in [-0.1, -0.05) is 18.2 Å². The molecule has 0 aromatic heterocycles. The number of nitrogens with zero attached hydrogens (tertiary/aromatic N) is 1. The van der Waals surface area contributed by atoms with Crippen LogP contribution in [-0.2, 0) is 15.8 Å². The Balaban J connectivity index is 1.55. The van der Waals surface area contributed by atoms with Crippen molar-refractivity contribution in [2.45, 2.75) is 12.6 Å². The van der Waals surface area contributed by atoms with Gasteiger partial charge in [0.1, 0.15) is 0 Å². The van der Waals surface area contributed by atoms with Crippen LogP contribution >= 0.6 is 0 Å². The highest BCUT2D eigenvalue weighted by Gasteiger charge is 2.67. The summed E-state index contributed by atoms with van der Waals surface area (Å²) < 4.78 is 38.8. The van der Waals surface area contributed by atoms with Gasteiger partial charge in [-0.3, -0.25) is 14.5 Å². The Morgan fingerprint density at radius 1 is 0.958 bits per heavy atom. The van der Waals surface area contributed by atoms with Crippen molar-refractivity contribution in [3.05, 3.63) is 42.0 Å². The smallest absolute Gasteiger partial charge is 0.274 e. The second kappa shape index (κ2) is 4.29. The lowest BCUT2D eigenvalue weighted by atomic mass is 9.63. The summed E-state index contributed by atoms with van der Waals surface area (Å²) in [6.07, 6.45) is 0.637. The number of carbonyl (C=O) groups is 2. The molecule has 5 aliphatic rings. The zero-order valence-electron chi connectivity index (χ0n) is 12.5. The van der Waals surface area contributed by atoms with Crippen molar-refractivity contribution in [1.82, 2.24) is 0 Å². The number of anilines is 1. The summed E-state index contributed by atoms with van der Waals surface area (Å²) in [5.74, 6) is -0.395. The Kier molecular flexibility index (Phi) is 2.55. The Morgan fingerprint density at radius 3 is 2.08 bits per heavy atom. The van der Waals surface area contributed by atoms with E-state index in [1.54, 1.807) is 0 Å². The molecule has 124 valence electrons. The van der Waals surface area contributed by atoms with E-state index in [2.05, 4.69) is 0 Å². The maximum absolute atomic E-state index is 12.9. The molecule has 3 nitrogen and oxygen atoms in total. The van der Waals surface area contributed by atoms with E-state index in [1.807, 2.05) is 12.2 Å². The van der Waals surface area contributed by atoms with Crippen LogP contribution in [0.1, 0.15) is 12.0 Å². The number of amides is 2. The molecule has 6 atom stereocenters. The van der Waals surface area contributed by atoms with E-state index < -0.39 is 23.6 Å². The Morgan fingerprint density at radius 2 is 1.54 bits per heavy atom. The average molecular weight is 333 g/mol. The van der Waals surface area contributed by atoms with Crippen LogP contribution in [0.2, 0.25) is 0 Å². The Bertz CT molecular complexity index is 764. The minimum Gasteiger partial charge on any atom is -0.274 e. The molecule has 2 bridgehead atoms. The monoisotopic (exact) mass is 333 g/mol. The molecule has 6 rings (SSSR count). The van der Waals surface area contributed by atoms with Gasteiger partial charge in [0.05, 0.1) is 23.1 Å². The van der Waals surface area contributed by atoms with Crippen molar-refractivity contribution < 1.29 is 22.8 Å². The first kappa shape index (κ1) is 14.3. The van der Waals surface area contributed by atoms with E-state index in [9.17, 15) is 22.8 Å². The minimum atomic E-state index is -4.50. The SMILES string of the molecule is O=C1[C@H]2[C@@H]3C=C[C@@H]([C@H]4C[C@H]34)[C@@H]2C(=O)N1c1cccc(C(F)(F)F)c1. The van der Waals surface area contributed by atoms with E-state index in [0.717, 1.165) is 23.5 Å². The third-order valence-corrected chi connectivity index (χ3v) is 6.09. The van der Waals surface area contributed by atoms with Crippen LogP contribution in [0.4, 0.5) is 18.9 Å². The number of halogens is 3. The summed E-state index contributed by atoms with van der Waals surface area (Å²) in [5.41, 5.74) is -0.818. The number of hydrogen-bond acceptors (Lipinski definition) is 2. The van der Waals surface area contributed by atoms with Crippen molar-refractivity contribution in [3.8, 4) is 0 Å². The maximum Gasteiger partial charge on any atom is 0.416 e. The van der Waals surface area contributed by atoms with E-state index in [4.69, 9.17) is 0 Å². The summed E-state index contributed by atoms with van der Waals surface area (Å²) in [7, 11) is 0. The molecule has 4 aliphatic carbocycles. The zero-order valence-corrected chi connectivity index (χ0v) is 12.5. The van der Waals surface area contributed by atoms with Crippen LogP contribution in [0.15, 0.2) is 36.4 Å². The predicted molar refractivity (Wildman–Crippen MR) is 78.6 cm³/mol. The van der Waals surface area contributed by atoms with Gasteiger partial charge >= 0.3 is 6.18 Å². The lowest BCUT2D eigenvalue weighted by Gasteiger charge is -2.37. The van der Waals surface area contributed by atoms with Gasteiger partial charge < -0.3 is 0 Å². The van der Waals surface area contributed by atoms with Crippen molar-refractivity contribution in [1.29, 1.82) is 0 Å². The molecule has 1 aromatic carbocycles. The van der Waals surface area contributed by atoms with E-state index >= 15 is 0 Å². The molecule has 0 unspecified atom stereocenters. The largest absolute Gasteiger partial charge is 0.416 e. The molecule has 2 amide bonds. The van der Waals surface area contributed by atoms with Gasteiger partial charge in [0.15, 0.2) is 0 Å². The van der Waals surface area contributed by atoms with Crippen LogP contribution < -0.4 is 4.90 Å². The van der Waals surface area contributed by atoms with Crippen LogP contribution in [0.3, 0.4) is 0 Å². The van der Waals surface area contributed by atoms with Crippen molar-refractivity contribution in [3.63, 3.8) is 0 Å². The second-order valence-electron chi connectivity index (χ2n) is 7.21. The first-order chi connectivity index (χ1) is 11.4. The summed E-state index contributed by atoms with van der Waals surface area (Å²) >= 11 is 0. The highest BCUT2D eigenvalue weighted by molar-refractivity contribution is 6.22. The molecule has 1 aliphatic heterocycles. The van der Waals surface area contributed by atoms with Gasteiger partial charge in [0, 0.05) is 0 Å². The van der Waals surface area contributed by atoms with E-state index in [-0.39, 0.29) is 29.3 Å². The normalized spacial score (nSPS) is 39.2. The molecule has 6 heteroatoms. The molecule has 1 aromatic rings. The number of alkyl halides is 3. The molecule has 1 saturated heterocycles. The van der Waals surface area contributed by atoms with Crippen molar-refractivity contribution >= 4 is 17.5 Å². The molecular weight excluding hydrogens is 319 g/mol. The van der Waals surface area contributed by atoms with Crippen LogP contribution in [0.5, 0.6) is 0 Å². The van der Waals surface area contributed by atoms with Crippen molar-refractivity contribution in [2.24, 2.45) is 35.5 Å². The standard InChI is InChI=1S/C18H14F3NO2/c19-18(20,21)8-2-1-3-9(6-8)22-16(23)14-10-4-5-11(13-7-12(10)13)15(14)17(22)24/h1-6,10-15H,7H2/t10-,11+,12-,13-,14+,15+/m1/s1. The Labute approximate surface area is 136 Å². The second-order valence-corrected chi connectivity index (χ2v) is 7.21. The average Bonchev–Trinajstić information content (AvgIpc) is 3.31. The fourth-order valence-corrected chi connectivity index (χ4v) is 5.03. The molecule has 0 spiro atoms. The third kappa shape index (κ3) is 1.69. The quantitative estimate of drug-likeness (QED) is 0.584. The molecule has 1 heterocycles. The Hall–Kier alpha value is -2.11. The van der Waals surface area contributed by atoms with Gasteiger partial charge in [-0.15, -0.1) is 0 Å². The number of benzene rings is 1. The van der Waals surface area contributed by atoms with Crippen LogP contribution in [0.25, 0.3) is 0 Å². The van der Waals surface area contributed by atoms with E-state index in [0.29, 0.717) is 11.8 Å². The van der Waals surface area contributed by atoms with Gasteiger partial charge in [0.2, 0.25) is 11.8 Å². The lowest BCUT2D eigenvalue weighted by Crippen LogP contribution is -2.40. The fourth-order valence-electron chi connectivity index (χ4n) is 5.03. The number of hydrogen-bond donors (Lipinski definition) is 0. The third-order valence-electron chi connectivity index (χ3n) is 6.09. The topological polar surface area (TPSA) is 37.4 Å². The maximum atomic E-state index is 12.9. The molecule has 3 fully saturated rings. The fraction of sp³-hybridized carbons (Fsp3) is 0.444. The lowest BCUT2D eigenvalue weighted by molar-refractivity contribution is -0.137. The zero-order chi connectivity index (χ0) is 16.8. The first-order valence-electron chi connectivity index (χ1n) is 8.11. The van der Waals surface area contributed by atoms with Gasteiger partial charge in [-0.05, 0) is 48.3 Å². The summed E-state index contributed by atoms with van der Waals surface area (Å²) in [4.78, 5) is 26.7. The number of rotatable bonds is 1. The number of carbonyl (C=O) groups excluding carboxylic acids is 2. The van der Waals surface area contributed by atoms with Gasteiger partial charge in [0.25, 0.3) is 0 Å². The minimum absolute atomic E-state index is 0.0299. The molecule has 2 saturated carbocycles. The molecule has 0 radical (unpaired) electrons. The number of imide groups is 1. The van der Waals surface area contributed by atoms with Gasteiger partial charge in [-0.25, -0.2) is 0 Å². The molecule has 0 N–H and O–H groups in total. The van der Waals surface area contributed by atoms with Crippen LogP contribution in [-0.4, -0.2) is 11.8 Å². The first-order valence-corrected chi connectivity index (χ1v) is 8.11. The van der Waals surface area contributed by atoms with Crippen LogP contribution in [0, 0.1) is 35.5 Å². The van der Waals surface area contributed by atoms with Crippen molar-refractivity contribution in [2.75, 3.05) is 4.90 Å². The number of allylic oxidation sites excluding steroid dienone is 2. The predicted octanol–water partition coefficient (Wildman–Crippen LogP) is 3.26. The highest BCUT2D eigenvalue weighted by atomic mass is 19.4. The van der Waals surface area contributed by atoms with Gasteiger partial charge in [-0.2, -0.15) is 13.2 Å².